The first-order valence-corrected chi connectivity index (χ1v) is 13.3. The molecule has 34 heavy (non-hydrogen) atoms. The fraction of sp³-hybridized carbons (Fsp3) is 0.400. The molecule has 3 unspecified atom stereocenters. The first-order chi connectivity index (χ1) is 16.2. The van der Waals surface area contributed by atoms with E-state index in [1.807, 2.05) is 18.3 Å². The lowest BCUT2D eigenvalue weighted by molar-refractivity contribution is 0.0739. The number of aliphatic imine (C=N–C) groups is 1. The summed E-state index contributed by atoms with van der Waals surface area (Å²) in [5.74, 6) is 1.13. The van der Waals surface area contributed by atoms with Crippen LogP contribution in [0.5, 0.6) is 0 Å². The first kappa shape index (κ1) is 23.3. The van der Waals surface area contributed by atoms with E-state index in [1.165, 1.54) is 34.6 Å². The number of pyridine rings is 1. The minimum atomic E-state index is -0.930. The van der Waals surface area contributed by atoms with E-state index in [1.54, 1.807) is 19.4 Å². The molecule has 176 valence electrons. The fourth-order valence-corrected chi connectivity index (χ4v) is 7.12. The molecule has 1 aromatic heterocycles. The van der Waals surface area contributed by atoms with Crippen LogP contribution in [0.2, 0.25) is 0 Å². The molecule has 0 spiro atoms. The summed E-state index contributed by atoms with van der Waals surface area (Å²) in [5.41, 5.74) is 8.57. The average molecular weight is 471 g/mol. The Labute approximate surface area is 207 Å². The molecule has 1 aliphatic heterocycles. The van der Waals surface area contributed by atoms with Crippen molar-refractivity contribution in [2.75, 3.05) is 0 Å². The van der Waals surface area contributed by atoms with E-state index < -0.39 is 5.60 Å². The molecule has 1 saturated carbocycles. The van der Waals surface area contributed by atoms with Crippen molar-refractivity contribution in [1.29, 1.82) is 0 Å². The van der Waals surface area contributed by atoms with Crippen LogP contribution in [0, 0.1) is 19.8 Å². The topological polar surface area (TPSA) is 45.5 Å². The number of nitrogens with zero attached hydrogens (tertiary/aromatic N) is 2. The Balaban J connectivity index is 1.45. The van der Waals surface area contributed by atoms with Gasteiger partial charge in [-0.2, -0.15) is 0 Å². The van der Waals surface area contributed by atoms with Crippen molar-refractivity contribution >= 4 is 23.2 Å². The van der Waals surface area contributed by atoms with Gasteiger partial charge in [0.15, 0.2) is 0 Å². The van der Waals surface area contributed by atoms with Crippen LogP contribution in [-0.4, -0.2) is 21.1 Å². The standard InChI is InChI=1S/C30H34N2OS/c1-6-26-23-15-22(29-18(2)8-7-9-27(29)34-26)16-25(23)32-24-12-10-20(14-19(24)3)21-11-13-28(31-17-21)30(4,5)33/h7-14,17,22-23,26,33H,6,15-16H2,1-5H3. The van der Waals surface area contributed by atoms with Gasteiger partial charge in [-0.3, -0.25) is 9.98 Å². The summed E-state index contributed by atoms with van der Waals surface area (Å²) >= 11 is 2.07. The van der Waals surface area contributed by atoms with Crippen LogP contribution in [-0.2, 0) is 5.60 Å². The number of rotatable bonds is 4. The minimum absolute atomic E-state index is 0.546. The number of thioether (sulfide) groups is 1. The van der Waals surface area contributed by atoms with Gasteiger partial charge in [-0.1, -0.05) is 31.2 Å². The molecule has 1 fully saturated rings. The maximum Gasteiger partial charge on any atom is 0.101 e. The quantitative estimate of drug-likeness (QED) is 0.424. The lowest BCUT2D eigenvalue weighted by atomic mass is 9.92. The SMILES string of the molecule is CCC1Sc2cccc(C)c2C2CC(=Nc3ccc(-c4ccc(C(C)(C)O)nc4)cc3C)C1C2. The Bertz CT molecular complexity index is 1240. The van der Waals surface area contributed by atoms with Crippen molar-refractivity contribution in [2.45, 2.75) is 75.5 Å². The Morgan fingerprint density at radius 1 is 1.06 bits per heavy atom. The normalized spacial score (nSPS) is 23.1. The molecule has 0 amide bonds. The smallest absolute Gasteiger partial charge is 0.101 e. The molecule has 3 nitrogen and oxygen atoms in total. The molecule has 2 heterocycles. The van der Waals surface area contributed by atoms with Gasteiger partial charge in [0.25, 0.3) is 0 Å². The molecular formula is C30H34N2OS. The molecule has 2 aliphatic rings. The third kappa shape index (κ3) is 4.34. The van der Waals surface area contributed by atoms with Crippen LogP contribution in [0.15, 0.2) is 64.6 Å². The maximum atomic E-state index is 10.2. The highest BCUT2D eigenvalue weighted by atomic mass is 32.2. The molecule has 3 atom stereocenters. The molecular weight excluding hydrogens is 436 g/mol. The summed E-state index contributed by atoms with van der Waals surface area (Å²) in [6, 6.07) is 17.2. The second-order valence-corrected chi connectivity index (χ2v) is 11.7. The largest absolute Gasteiger partial charge is 0.384 e. The Hall–Kier alpha value is -2.43. The molecule has 1 N–H and O–H groups in total. The first-order valence-electron chi connectivity index (χ1n) is 12.4. The van der Waals surface area contributed by atoms with Gasteiger partial charge >= 0.3 is 0 Å². The van der Waals surface area contributed by atoms with Gasteiger partial charge in [-0.15, -0.1) is 11.8 Å². The van der Waals surface area contributed by atoms with Gasteiger partial charge < -0.3 is 5.11 Å². The van der Waals surface area contributed by atoms with Crippen LogP contribution in [0.3, 0.4) is 0 Å². The van der Waals surface area contributed by atoms with Gasteiger partial charge in [-0.05, 0) is 99.4 Å². The molecule has 5 rings (SSSR count). The molecule has 2 bridgehead atoms. The van der Waals surface area contributed by atoms with Crippen molar-refractivity contribution < 1.29 is 5.11 Å². The van der Waals surface area contributed by atoms with Gasteiger partial charge in [0, 0.05) is 33.5 Å². The third-order valence-corrected chi connectivity index (χ3v) is 9.00. The molecule has 3 aromatic rings. The van der Waals surface area contributed by atoms with Crippen LogP contribution in [0.1, 0.15) is 68.3 Å². The van der Waals surface area contributed by atoms with Gasteiger partial charge in [-0.25, -0.2) is 0 Å². The van der Waals surface area contributed by atoms with E-state index in [9.17, 15) is 5.11 Å². The second-order valence-electron chi connectivity index (χ2n) is 10.4. The van der Waals surface area contributed by atoms with Crippen LogP contribution in [0.4, 0.5) is 5.69 Å². The highest BCUT2D eigenvalue weighted by Crippen LogP contribution is 2.51. The van der Waals surface area contributed by atoms with Gasteiger partial charge in [0.05, 0.1) is 11.4 Å². The zero-order chi connectivity index (χ0) is 24.0. The summed E-state index contributed by atoms with van der Waals surface area (Å²) in [7, 11) is 0. The van der Waals surface area contributed by atoms with E-state index in [0.717, 1.165) is 23.2 Å². The Morgan fingerprint density at radius 2 is 1.85 bits per heavy atom. The molecule has 4 heteroatoms. The maximum absolute atomic E-state index is 10.2. The minimum Gasteiger partial charge on any atom is -0.384 e. The summed E-state index contributed by atoms with van der Waals surface area (Å²) in [5, 5.41) is 10.8. The van der Waals surface area contributed by atoms with Gasteiger partial charge in [0.1, 0.15) is 5.60 Å². The van der Waals surface area contributed by atoms with Crippen LogP contribution < -0.4 is 0 Å². The zero-order valence-corrected chi connectivity index (χ0v) is 21.6. The number of hydrogen-bond acceptors (Lipinski definition) is 4. The van der Waals surface area contributed by atoms with Crippen LogP contribution >= 0.6 is 11.8 Å². The van der Waals surface area contributed by atoms with Crippen molar-refractivity contribution in [1.82, 2.24) is 4.98 Å². The lowest BCUT2D eigenvalue weighted by Crippen LogP contribution is -2.20. The average Bonchev–Trinajstić information content (AvgIpc) is 3.12. The predicted octanol–water partition coefficient (Wildman–Crippen LogP) is 7.74. The zero-order valence-electron chi connectivity index (χ0n) is 20.8. The number of aryl methyl sites for hydroxylation is 2. The summed E-state index contributed by atoms with van der Waals surface area (Å²) in [6.45, 7) is 10.3. The predicted molar refractivity (Wildman–Crippen MR) is 143 cm³/mol. The molecule has 0 saturated heterocycles. The van der Waals surface area contributed by atoms with E-state index >= 15 is 0 Å². The number of aliphatic hydroxyl groups is 1. The highest BCUT2D eigenvalue weighted by Gasteiger charge is 2.41. The number of benzene rings is 2. The Kier molecular flexibility index (Phi) is 6.16. The monoisotopic (exact) mass is 470 g/mol. The van der Waals surface area contributed by atoms with Crippen molar-refractivity contribution in [3.8, 4) is 11.1 Å². The summed E-state index contributed by atoms with van der Waals surface area (Å²) in [4.78, 5) is 11.2. The highest BCUT2D eigenvalue weighted by molar-refractivity contribution is 8.00. The molecule has 1 aliphatic carbocycles. The number of hydrogen-bond donors (Lipinski definition) is 1. The summed E-state index contributed by atoms with van der Waals surface area (Å²) < 4.78 is 0. The lowest BCUT2D eigenvalue weighted by Gasteiger charge is -2.23. The van der Waals surface area contributed by atoms with E-state index in [0.29, 0.717) is 22.8 Å². The number of fused-ring (bicyclic) bond motifs is 4. The van der Waals surface area contributed by atoms with Crippen molar-refractivity contribution in [2.24, 2.45) is 10.9 Å². The molecule has 2 aromatic carbocycles. The molecule has 0 radical (unpaired) electrons. The van der Waals surface area contributed by atoms with Crippen molar-refractivity contribution in [3.63, 3.8) is 0 Å². The second kappa shape index (κ2) is 8.98. The fourth-order valence-electron chi connectivity index (χ4n) is 5.58. The third-order valence-electron chi connectivity index (χ3n) is 7.43. The van der Waals surface area contributed by atoms with Crippen molar-refractivity contribution in [3.05, 3.63) is 77.1 Å². The van der Waals surface area contributed by atoms with E-state index in [-0.39, 0.29) is 0 Å². The van der Waals surface area contributed by atoms with Crippen LogP contribution in [0.25, 0.3) is 11.1 Å². The Morgan fingerprint density at radius 3 is 2.53 bits per heavy atom. The van der Waals surface area contributed by atoms with Gasteiger partial charge in [0.2, 0.25) is 0 Å². The van der Waals surface area contributed by atoms with E-state index in [4.69, 9.17) is 4.99 Å². The van der Waals surface area contributed by atoms with E-state index in [2.05, 4.69) is 73.9 Å². The summed E-state index contributed by atoms with van der Waals surface area (Å²) in [6.07, 6.45) is 5.31. The number of aromatic nitrogens is 1.